The molecule has 0 unspecified atom stereocenters. The molecule has 0 bridgehead atoms. The van der Waals surface area contributed by atoms with Crippen LogP contribution in [0.2, 0.25) is 0 Å². The summed E-state index contributed by atoms with van der Waals surface area (Å²) in [6.07, 6.45) is 1.57. The SMILES string of the molecule is Cc1ccc(C(=O)C(=Cc2ccccc2)C(=O)c2ccccc2O)cc1. The predicted octanol–water partition coefficient (Wildman–Crippen LogP) is 4.85. The number of benzene rings is 3. The Morgan fingerprint density at radius 2 is 1.38 bits per heavy atom. The number of hydrogen-bond acceptors (Lipinski definition) is 3. The lowest BCUT2D eigenvalue weighted by Gasteiger charge is -2.09. The Morgan fingerprint density at radius 1 is 0.769 bits per heavy atom. The number of aryl methyl sites for hydroxylation is 1. The Bertz CT molecular complexity index is 968. The molecular formula is C23H18O3. The minimum atomic E-state index is -0.502. The van der Waals surface area contributed by atoms with E-state index in [1.165, 1.54) is 12.1 Å². The number of para-hydroxylation sites is 1. The Hall–Kier alpha value is -3.46. The highest BCUT2D eigenvalue weighted by atomic mass is 16.3. The summed E-state index contributed by atoms with van der Waals surface area (Å²) in [5.41, 5.74) is 2.33. The molecule has 3 aromatic carbocycles. The van der Waals surface area contributed by atoms with E-state index >= 15 is 0 Å². The molecule has 0 saturated heterocycles. The summed E-state index contributed by atoms with van der Waals surface area (Å²) in [6, 6.07) is 22.5. The third-order valence-corrected chi connectivity index (χ3v) is 4.06. The number of hydrogen-bond donors (Lipinski definition) is 1. The fourth-order valence-electron chi connectivity index (χ4n) is 2.62. The average molecular weight is 342 g/mol. The van der Waals surface area contributed by atoms with E-state index in [0.29, 0.717) is 5.56 Å². The van der Waals surface area contributed by atoms with Crippen molar-refractivity contribution in [3.05, 3.63) is 107 Å². The molecule has 0 aliphatic heterocycles. The molecule has 0 radical (unpaired) electrons. The summed E-state index contributed by atoms with van der Waals surface area (Å²) >= 11 is 0. The molecule has 3 aromatic rings. The van der Waals surface area contributed by atoms with E-state index in [0.717, 1.165) is 11.1 Å². The van der Waals surface area contributed by atoms with Crippen LogP contribution < -0.4 is 0 Å². The minimum Gasteiger partial charge on any atom is -0.507 e. The first-order chi connectivity index (χ1) is 12.6. The zero-order valence-corrected chi connectivity index (χ0v) is 14.3. The first kappa shape index (κ1) is 17.4. The summed E-state index contributed by atoms with van der Waals surface area (Å²) in [5.74, 6) is -1.02. The number of allylic oxidation sites excluding steroid dienone is 1. The Labute approximate surface area is 152 Å². The zero-order valence-electron chi connectivity index (χ0n) is 14.3. The van der Waals surface area contributed by atoms with Crippen LogP contribution in [0.5, 0.6) is 5.75 Å². The molecule has 0 fully saturated rings. The summed E-state index contributed by atoms with van der Waals surface area (Å²) < 4.78 is 0. The van der Waals surface area contributed by atoms with E-state index in [4.69, 9.17) is 0 Å². The van der Waals surface area contributed by atoms with E-state index < -0.39 is 5.78 Å². The quantitative estimate of drug-likeness (QED) is 0.312. The largest absolute Gasteiger partial charge is 0.507 e. The monoisotopic (exact) mass is 342 g/mol. The smallest absolute Gasteiger partial charge is 0.200 e. The van der Waals surface area contributed by atoms with E-state index in [9.17, 15) is 14.7 Å². The highest BCUT2D eigenvalue weighted by molar-refractivity contribution is 6.33. The second-order valence-electron chi connectivity index (χ2n) is 6.01. The second kappa shape index (κ2) is 7.62. The van der Waals surface area contributed by atoms with Crippen molar-refractivity contribution in [2.45, 2.75) is 6.92 Å². The lowest BCUT2D eigenvalue weighted by Crippen LogP contribution is -2.14. The van der Waals surface area contributed by atoms with Crippen LogP contribution in [0.3, 0.4) is 0 Å². The van der Waals surface area contributed by atoms with E-state index in [-0.39, 0.29) is 22.7 Å². The fourth-order valence-corrected chi connectivity index (χ4v) is 2.62. The van der Waals surface area contributed by atoms with Crippen molar-refractivity contribution in [1.82, 2.24) is 0 Å². The van der Waals surface area contributed by atoms with Gasteiger partial charge in [-0.25, -0.2) is 0 Å². The van der Waals surface area contributed by atoms with Gasteiger partial charge in [0.25, 0.3) is 0 Å². The summed E-state index contributed by atoms with van der Waals surface area (Å²) in [4.78, 5) is 26.0. The van der Waals surface area contributed by atoms with Crippen LogP contribution >= 0.6 is 0 Å². The summed E-state index contributed by atoms with van der Waals surface area (Å²) in [5, 5.41) is 10.0. The molecule has 3 rings (SSSR count). The van der Waals surface area contributed by atoms with Gasteiger partial charge in [-0.3, -0.25) is 9.59 Å². The first-order valence-electron chi connectivity index (χ1n) is 8.27. The van der Waals surface area contributed by atoms with Gasteiger partial charge in [0.1, 0.15) is 5.75 Å². The third kappa shape index (κ3) is 3.78. The van der Waals surface area contributed by atoms with Crippen LogP contribution in [0.15, 0.2) is 84.4 Å². The van der Waals surface area contributed by atoms with Crippen molar-refractivity contribution in [3.63, 3.8) is 0 Å². The number of carbonyl (C=O) groups is 2. The Morgan fingerprint density at radius 3 is 2.04 bits per heavy atom. The molecule has 0 heterocycles. The fraction of sp³-hybridized carbons (Fsp3) is 0.0435. The molecular weight excluding hydrogens is 324 g/mol. The van der Waals surface area contributed by atoms with Gasteiger partial charge in [0, 0.05) is 5.56 Å². The van der Waals surface area contributed by atoms with Gasteiger partial charge in [-0.1, -0.05) is 72.3 Å². The lowest BCUT2D eigenvalue weighted by atomic mass is 9.93. The minimum absolute atomic E-state index is 0.0153. The predicted molar refractivity (Wildman–Crippen MR) is 102 cm³/mol. The van der Waals surface area contributed by atoms with Crippen molar-refractivity contribution in [2.75, 3.05) is 0 Å². The Balaban J connectivity index is 2.09. The number of aromatic hydroxyl groups is 1. The van der Waals surface area contributed by atoms with Crippen molar-refractivity contribution in [1.29, 1.82) is 0 Å². The van der Waals surface area contributed by atoms with Crippen LogP contribution in [0.25, 0.3) is 6.08 Å². The molecule has 3 heteroatoms. The highest BCUT2D eigenvalue weighted by Crippen LogP contribution is 2.23. The molecule has 0 amide bonds. The molecule has 26 heavy (non-hydrogen) atoms. The average Bonchev–Trinajstić information content (AvgIpc) is 2.67. The van der Waals surface area contributed by atoms with Crippen molar-refractivity contribution >= 4 is 17.6 Å². The molecule has 0 aliphatic rings. The van der Waals surface area contributed by atoms with Gasteiger partial charge in [-0.15, -0.1) is 0 Å². The molecule has 128 valence electrons. The van der Waals surface area contributed by atoms with Crippen molar-refractivity contribution < 1.29 is 14.7 Å². The molecule has 0 spiro atoms. The molecule has 3 nitrogen and oxygen atoms in total. The van der Waals surface area contributed by atoms with E-state index in [2.05, 4.69) is 0 Å². The lowest BCUT2D eigenvalue weighted by molar-refractivity contribution is 0.0963. The van der Waals surface area contributed by atoms with E-state index in [1.807, 2.05) is 49.4 Å². The van der Waals surface area contributed by atoms with Crippen molar-refractivity contribution in [2.24, 2.45) is 0 Å². The van der Waals surface area contributed by atoms with Crippen molar-refractivity contribution in [3.8, 4) is 5.75 Å². The van der Waals surface area contributed by atoms with Gasteiger partial charge in [0.15, 0.2) is 5.78 Å². The van der Waals surface area contributed by atoms with E-state index in [1.54, 1.807) is 30.3 Å². The maximum atomic E-state index is 13.0. The number of phenolic OH excluding ortho intramolecular Hbond substituents is 1. The zero-order chi connectivity index (χ0) is 18.5. The number of Topliss-reactive ketones (excluding diaryl/α,β-unsaturated/α-hetero) is 2. The van der Waals surface area contributed by atoms with Gasteiger partial charge in [0.2, 0.25) is 5.78 Å². The van der Waals surface area contributed by atoms with Gasteiger partial charge >= 0.3 is 0 Å². The Kier molecular flexibility index (Phi) is 5.09. The molecule has 1 N–H and O–H groups in total. The van der Waals surface area contributed by atoms with Gasteiger partial charge < -0.3 is 5.11 Å². The summed E-state index contributed by atoms with van der Waals surface area (Å²) in [6.45, 7) is 1.93. The van der Waals surface area contributed by atoms with Crippen LogP contribution in [-0.4, -0.2) is 16.7 Å². The normalized spacial score (nSPS) is 11.2. The van der Waals surface area contributed by atoms with Crippen LogP contribution in [0, 0.1) is 6.92 Å². The number of carbonyl (C=O) groups excluding carboxylic acids is 2. The number of phenols is 1. The first-order valence-corrected chi connectivity index (χ1v) is 8.27. The number of rotatable bonds is 5. The third-order valence-electron chi connectivity index (χ3n) is 4.06. The standard InChI is InChI=1S/C23H18O3/c1-16-11-13-18(14-12-16)22(25)20(15-17-7-3-2-4-8-17)23(26)19-9-5-6-10-21(19)24/h2-15,24H,1H3. The second-order valence-corrected chi connectivity index (χ2v) is 6.01. The van der Waals surface area contributed by atoms with Crippen LogP contribution in [0.1, 0.15) is 31.8 Å². The topological polar surface area (TPSA) is 54.4 Å². The van der Waals surface area contributed by atoms with Gasteiger partial charge in [-0.2, -0.15) is 0 Å². The van der Waals surface area contributed by atoms with Gasteiger partial charge in [0.05, 0.1) is 11.1 Å². The highest BCUT2D eigenvalue weighted by Gasteiger charge is 2.23. The maximum absolute atomic E-state index is 13.0. The molecule has 0 saturated carbocycles. The summed E-state index contributed by atoms with van der Waals surface area (Å²) in [7, 11) is 0. The molecule has 0 aromatic heterocycles. The van der Waals surface area contributed by atoms with Crippen LogP contribution in [-0.2, 0) is 0 Å². The number of ketones is 2. The van der Waals surface area contributed by atoms with Crippen LogP contribution in [0.4, 0.5) is 0 Å². The molecule has 0 aliphatic carbocycles. The maximum Gasteiger partial charge on any atom is 0.200 e. The van der Waals surface area contributed by atoms with Gasteiger partial charge in [-0.05, 0) is 30.7 Å². The molecule has 0 atom stereocenters.